The lowest BCUT2D eigenvalue weighted by molar-refractivity contribution is 0.482. The van der Waals surface area contributed by atoms with Crippen molar-refractivity contribution in [2.75, 3.05) is 6.54 Å². The molecule has 0 saturated heterocycles. The molecule has 3 heterocycles. The highest BCUT2D eigenvalue weighted by atomic mass is 79.9. The summed E-state index contributed by atoms with van der Waals surface area (Å²) in [6, 6.07) is 3.83. The van der Waals surface area contributed by atoms with Gasteiger partial charge in [-0.2, -0.15) is 0 Å². The quantitative estimate of drug-likeness (QED) is 0.869. The molecule has 1 aliphatic rings. The first-order valence-electron chi connectivity index (χ1n) is 5.14. The van der Waals surface area contributed by atoms with Crippen LogP contribution in [0.4, 0.5) is 0 Å². The fourth-order valence-corrected chi connectivity index (χ4v) is 1.97. The van der Waals surface area contributed by atoms with Crippen molar-refractivity contribution < 1.29 is 4.42 Å². The van der Waals surface area contributed by atoms with Gasteiger partial charge in [0.1, 0.15) is 11.5 Å². The fraction of sp³-hybridized carbons (Fsp3) is 0.273. The predicted molar refractivity (Wildman–Crippen MR) is 62.8 cm³/mol. The molecule has 3 rings (SSSR count). The van der Waals surface area contributed by atoms with Gasteiger partial charge in [0, 0.05) is 30.2 Å². The third kappa shape index (κ3) is 1.76. The number of nitrogens with zero attached hydrogens (tertiary/aromatic N) is 2. The molecule has 16 heavy (non-hydrogen) atoms. The Labute approximate surface area is 101 Å². The smallest absolute Gasteiger partial charge is 0.245 e. The van der Waals surface area contributed by atoms with E-state index in [1.165, 1.54) is 0 Å². The third-order valence-corrected chi connectivity index (χ3v) is 3.02. The molecule has 4 nitrogen and oxygen atoms in total. The molecule has 0 atom stereocenters. The minimum Gasteiger partial charge on any atom is -0.440 e. The van der Waals surface area contributed by atoms with Gasteiger partial charge in [0.05, 0.1) is 5.69 Å². The zero-order chi connectivity index (χ0) is 11.0. The summed E-state index contributed by atoms with van der Waals surface area (Å²) in [5, 5.41) is 3.26. The van der Waals surface area contributed by atoms with Gasteiger partial charge in [-0.1, -0.05) is 0 Å². The van der Waals surface area contributed by atoms with Crippen molar-refractivity contribution in [3.63, 3.8) is 0 Å². The van der Waals surface area contributed by atoms with E-state index in [-0.39, 0.29) is 0 Å². The second-order valence-corrected chi connectivity index (χ2v) is 4.59. The van der Waals surface area contributed by atoms with Gasteiger partial charge in [0.15, 0.2) is 0 Å². The van der Waals surface area contributed by atoms with E-state index in [4.69, 9.17) is 4.42 Å². The average molecular weight is 280 g/mol. The zero-order valence-corrected chi connectivity index (χ0v) is 10.1. The second kappa shape index (κ2) is 3.99. The molecule has 0 amide bonds. The highest BCUT2D eigenvalue weighted by Gasteiger charge is 2.17. The van der Waals surface area contributed by atoms with Gasteiger partial charge >= 0.3 is 0 Å². The summed E-state index contributed by atoms with van der Waals surface area (Å²) in [5.74, 6) is 1.60. The fourth-order valence-electron chi connectivity index (χ4n) is 1.74. The standard InChI is InChI=1S/C11H10BrN3O/c12-7-1-2-8(14-5-7)11-15-9-6-13-4-3-10(9)16-11/h1-2,5,13H,3-4,6H2. The summed E-state index contributed by atoms with van der Waals surface area (Å²) >= 11 is 3.35. The van der Waals surface area contributed by atoms with Crippen LogP contribution in [-0.4, -0.2) is 16.5 Å². The number of aromatic nitrogens is 2. The van der Waals surface area contributed by atoms with E-state index in [9.17, 15) is 0 Å². The molecule has 0 radical (unpaired) electrons. The van der Waals surface area contributed by atoms with Crippen molar-refractivity contribution >= 4 is 15.9 Å². The van der Waals surface area contributed by atoms with Crippen molar-refractivity contribution in [1.82, 2.24) is 15.3 Å². The molecule has 2 aromatic heterocycles. The molecular weight excluding hydrogens is 270 g/mol. The number of hydrogen-bond donors (Lipinski definition) is 1. The first kappa shape index (κ1) is 9.99. The number of fused-ring (bicyclic) bond motifs is 1. The SMILES string of the molecule is Brc1ccc(-c2nc3c(o2)CCNC3)nc1. The van der Waals surface area contributed by atoms with Crippen LogP contribution in [0.25, 0.3) is 11.6 Å². The average Bonchev–Trinajstić information content (AvgIpc) is 2.73. The van der Waals surface area contributed by atoms with E-state index in [1.54, 1.807) is 6.20 Å². The molecule has 0 aliphatic carbocycles. The van der Waals surface area contributed by atoms with E-state index >= 15 is 0 Å². The van der Waals surface area contributed by atoms with Crippen LogP contribution >= 0.6 is 15.9 Å². The van der Waals surface area contributed by atoms with Gasteiger partial charge in [-0.3, -0.25) is 4.98 Å². The molecule has 1 N–H and O–H groups in total. The minimum absolute atomic E-state index is 0.612. The third-order valence-electron chi connectivity index (χ3n) is 2.55. The lowest BCUT2D eigenvalue weighted by Gasteiger charge is -2.07. The zero-order valence-electron chi connectivity index (χ0n) is 8.53. The first-order valence-corrected chi connectivity index (χ1v) is 5.93. The van der Waals surface area contributed by atoms with Crippen molar-refractivity contribution in [3.05, 3.63) is 34.3 Å². The highest BCUT2D eigenvalue weighted by molar-refractivity contribution is 9.10. The Bertz CT molecular complexity index is 483. The molecule has 0 bridgehead atoms. The van der Waals surface area contributed by atoms with E-state index < -0.39 is 0 Å². The number of pyridine rings is 1. The van der Waals surface area contributed by atoms with Gasteiger partial charge in [-0.15, -0.1) is 0 Å². The molecule has 5 heteroatoms. The Hall–Kier alpha value is -1.20. The number of nitrogens with one attached hydrogen (secondary N) is 1. The molecule has 1 aliphatic heterocycles. The molecule has 82 valence electrons. The Morgan fingerprint density at radius 3 is 3.06 bits per heavy atom. The second-order valence-electron chi connectivity index (χ2n) is 3.68. The van der Waals surface area contributed by atoms with Gasteiger partial charge in [-0.05, 0) is 28.1 Å². The molecular formula is C11H10BrN3O. The molecule has 0 aromatic carbocycles. The molecule has 0 spiro atoms. The van der Waals surface area contributed by atoms with Crippen LogP contribution < -0.4 is 5.32 Å². The van der Waals surface area contributed by atoms with Crippen molar-refractivity contribution in [2.24, 2.45) is 0 Å². The van der Waals surface area contributed by atoms with Crippen molar-refractivity contribution in [3.8, 4) is 11.6 Å². The lowest BCUT2D eigenvalue weighted by Crippen LogP contribution is -2.22. The number of hydrogen-bond acceptors (Lipinski definition) is 4. The molecule has 0 fully saturated rings. The lowest BCUT2D eigenvalue weighted by atomic mass is 10.2. The van der Waals surface area contributed by atoms with E-state index in [0.29, 0.717) is 5.89 Å². The van der Waals surface area contributed by atoms with Crippen molar-refractivity contribution in [1.29, 1.82) is 0 Å². The van der Waals surface area contributed by atoms with Crippen LogP contribution in [0.15, 0.2) is 27.2 Å². The summed E-state index contributed by atoms with van der Waals surface area (Å²) < 4.78 is 6.66. The van der Waals surface area contributed by atoms with Crippen LogP contribution in [0, 0.1) is 0 Å². The largest absolute Gasteiger partial charge is 0.440 e. The van der Waals surface area contributed by atoms with Crippen molar-refractivity contribution in [2.45, 2.75) is 13.0 Å². The Morgan fingerprint density at radius 1 is 1.38 bits per heavy atom. The Kier molecular flexibility index (Phi) is 2.49. The van der Waals surface area contributed by atoms with Crippen LogP contribution in [0.1, 0.15) is 11.5 Å². The minimum atomic E-state index is 0.612. The summed E-state index contributed by atoms with van der Waals surface area (Å²) in [5.41, 5.74) is 1.78. The Balaban J connectivity index is 2.00. The Morgan fingerprint density at radius 2 is 2.31 bits per heavy atom. The van der Waals surface area contributed by atoms with Gasteiger partial charge in [0.25, 0.3) is 0 Å². The normalized spacial score (nSPS) is 14.8. The van der Waals surface area contributed by atoms with Crippen LogP contribution in [0.5, 0.6) is 0 Å². The van der Waals surface area contributed by atoms with Gasteiger partial charge in [-0.25, -0.2) is 4.98 Å². The monoisotopic (exact) mass is 279 g/mol. The predicted octanol–water partition coefficient (Wildman–Crippen LogP) is 2.14. The summed E-state index contributed by atoms with van der Waals surface area (Å²) in [6.07, 6.45) is 2.65. The maximum atomic E-state index is 5.70. The maximum absolute atomic E-state index is 5.70. The van der Waals surface area contributed by atoms with E-state index in [2.05, 4.69) is 31.2 Å². The van der Waals surface area contributed by atoms with E-state index in [0.717, 1.165) is 41.1 Å². The summed E-state index contributed by atoms with van der Waals surface area (Å²) in [7, 11) is 0. The van der Waals surface area contributed by atoms with Crippen LogP contribution in [-0.2, 0) is 13.0 Å². The number of oxazole rings is 1. The molecule has 0 saturated carbocycles. The van der Waals surface area contributed by atoms with E-state index in [1.807, 2.05) is 12.1 Å². The van der Waals surface area contributed by atoms with Crippen LogP contribution in [0.2, 0.25) is 0 Å². The highest BCUT2D eigenvalue weighted by Crippen LogP contribution is 2.23. The number of rotatable bonds is 1. The maximum Gasteiger partial charge on any atom is 0.245 e. The van der Waals surface area contributed by atoms with Crippen LogP contribution in [0.3, 0.4) is 0 Å². The first-order chi connectivity index (χ1) is 7.83. The number of halogens is 1. The summed E-state index contributed by atoms with van der Waals surface area (Å²) in [6.45, 7) is 1.74. The molecule has 2 aromatic rings. The van der Waals surface area contributed by atoms with Gasteiger partial charge in [0.2, 0.25) is 5.89 Å². The topological polar surface area (TPSA) is 51.0 Å². The van der Waals surface area contributed by atoms with Gasteiger partial charge < -0.3 is 9.73 Å². The molecule has 0 unspecified atom stereocenters. The summed E-state index contributed by atoms with van der Waals surface area (Å²) in [4.78, 5) is 8.71.